The van der Waals surface area contributed by atoms with Gasteiger partial charge in [0.2, 0.25) is 0 Å². The van der Waals surface area contributed by atoms with Crippen LogP contribution in [0.2, 0.25) is 5.02 Å². The van der Waals surface area contributed by atoms with Gasteiger partial charge in [-0.15, -0.1) is 0 Å². The number of ether oxygens (including phenoxy) is 1. The van der Waals surface area contributed by atoms with E-state index in [9.17, 15) is 4.79 Å². The molecule has 0 N–H and O–H groups in total. The van der Waals surface area contributed by atoms with Crippen molar-refractivity contribution in [3.8, 4) is 0 Å². The number of hydrogen-bond donors (Lipinski definition) is 0. The molecule has 0 spiro atoms. The molecule has 0 amide bonds. The first kappa shape index (κ1) is 9.98. The minimum Gasteiger partial charge on any atom is -0.462 e. The van der Waals surface area contributed by atoms with E-state index >= 15 is 0 Å². The van der Waals surface area contributed by atoms with Gasteiger partial charge in [-0.05, 0) is 13.0 Å². The summed E-state index contributed by atoms with van der Waals surface area (Å²) in [6.45, 7) is 2.10. The topological polar surface area (TPSA) is 43.6 Å². The minimum absolute atomic E-state index is 0.339. The highest BCUT2D eigenvalue weighted by Gasteiger charge is 2.12. The summed E-state index contributed by atoms with van der Waals surface area (Å²) in [7, 11) is 0. The van der Waals surface area contributed by atoms with Gasteiger partial charge >= 0.3 is 5.97 Å². The van der Waals surface area contributed by atoms with Gasteiger partial charge in [-0.3, -0.25) is 0 Å². The molecule has 4 nitrogen and oxygen atoms in total. The molecule has 0 saturated carbocycles. The Balaban J connectivity index is 2.57. The van der Waals surface area contributed by atoms with E-state index in [2.05, 4.69) is 4.98 Å². The van der Waals surface area contributed by atoms with Gasteiger partial charge in [0, 0.05) is 6.20 Å². The first-order valence-corrected chi connectivity index (χ1v) is 4.88. The van der Waals surface area contributed by atoms with Crippen LogP contribution in [-0.2, 0) is 4.74 Å². The fraction of sp³-hybridized carbons (Fsp3) is 0.200. The van der Waals surface area contributed by atoms with Crippen LogP contribution in [0.5, 0.6) is 0 Å². The van der Waals surface area contributed by atoms with E-state index < -0.39 is 0 Å². The molecule has 0 atom stereocenters. The third kappa shape index (κ3) is 1.80. The molecule has 2 rings (SSSR count). The zero-order chi connectivity index (χ0) is 10.8. The fourth-order valence-corrected chi connectivity index (χ4v) is 1.58. The molecule has 78 valence electrons. The summed E-state index contributed by atoms with van der Waals surface area (Å²) < 4.78 is 6.61. The Labute approximate surface area is 91.4 Å². The molecular weight excluding hydrogens is 216 g/mol. The summed E-state index contributed by atoms with van der Waals surface area (Å²) in [5.41, 5.74) is 1.12. The average molecular weight is 225 g/mol. The standard InChI is InChI=1S/C10H9ClN2O2/c1-2-15-10(14)8-3-7(11)5-13-6-12-4-9(8)13/h3-6H,2H2,1H3. The largest absolute Gasteiger partial charge is 0.462 e. The Morgan fingerprint density at radius 3 is 3.20 bits per heavy atom. The molecule has 15 heavy (non-hydrogen) atoms. The second-order valence-electron chi connectivity index (χ2n) is 2.98. The summed E-state index contributed by atoms with van der Waals surface area (Å²) in [4.78, 5) is 15.5. The van der Waals surface area contributed by atoms with Gasteiger partial charge in [0.15, 0.2) is 0 Å². The second-order valence-corrected chi connectivity index (χ2v) is 3.42. The number of carbonyl (C=O) groups is 1. The van der Waals surface area contributed by atoms with Crippen LogP contribution in [-0.4, -0.2) is 22.0 Å². The van der Waals surface area contributed by atoms with Crippen LogP contribution < -0.4 is 0 Å². The second kappa shape index (κ2) is 3.90. The molecule has 2 aromatic heterocycles. The molecule has 0 bridgehead atoms. The van der Waals surface area contributed by atoms with Crippen LogP contribution >= 0.6 is 11.6 Å². The van der Waals surface area contributed by atoms with Crippen molar-refractivity contribution in [3.63, 3.8) is 0 Å². The van der Waals surface area contributed by atoms with Gasteiger partial charge < -0.3 is 9.14 Å². The van der Waals surface area contributed by atoms with E-state index in [0.29, 0.717) is 22.7 Å². The summed E-state index contributed by atoms with van der Waals surface area (Å²) in [5.74, 6) is -0.384. The first-order chi connectivity index (χ1) is 7.22. The van der Waals surface area contributed by atoms with Crippen molar-refractivity contribution < 1.29 is 9.53 Å². The number of imidazole rings is 1. The first-order valence-electron chi connectivity index (χ1n) is 4.50. The van der Waals surface area contributed by atoms with E-state index in [1.807, 2.05) is 0 Å². The third-order valence-electron chi connectivity index (χ3n) is 1.98. The number of esters is 1. The number of nitrogens with zero attached hydrogens (tertiary/aromatic N) is 2. The van der Waals surface area contributed by atoms with E-state index in [-0.39, 0.29) is 5.97 Å². The predicted octanol–water partition coefficient (Wildman–Crippen LogP) is 2.16. The molecule has 0 aromatic carbocycles. The summed E-state index contributed by atoms with van der Waals surface area (Å²) in [6, 6.07) is 1.58. The molecule has 2 aromatic rings. The van der Waals surface area contributed by atoms with Crippen molar-refractivity contribution in [3.05, 3.63) is 35.4 Å². The number of rotatable bonds is 2. The summed E-state index contributed by atoms with van der Waals surface area (Å²) >= 11 is 5.87. The van der Waals surface area contributed by atoms with Crippen molar-refractivity contribution in [2.45, 2.75) is 6.92 Å². The third-order valence-corrected chi connectivity index (χ3v) is 2.19. The average Bonchev–Trinajstić information content (AvgIpc) is 2.64. The quantitative estimate of drug-likeness (QED) is 0.735. The smallest absolute Gasteiger partial charge is 0.340 e. The molecule has 0 saturated heterocycles. The number of hydrogen-bond acceptors (Lipinski definition) is 3. The van der Waals surface area contributed by atoms with Crippen LogP contribution in [0.1, 0.15) is 17.3 Å². The van der Waals surface area contributed by atoms with Crippen LogP contribution in [0.15, 0.2) is 24.8 Å². The lowest BCUT2D eigenvalue weighted by Gasteiger charge is -2.04. The molecule has 0 radical (unpaired) electrons. The lowest BCUT2D eigenvalue weighted by molar-refractivity contribution is 0.0528. The Bertz CT molecular complexity index is 507. The van der Waals surface area contributed by atoms with Gasteiger partial charge in [-0.1, -0.05) is 11.6 Å². The van der Waals surface area contributed by atoms with Crippen molar-refractivity contribution in [2.24, 2.45) is 0 Å². The number of aromatic nitrogens is 2. The van der Waals surface area contributed by atoms with Crippen molar-refractivity contribution in [2.75, 3.05) is 6.61 Å². The van der Waals surface area contributed by atoms with Gasteiger partial charge in [0.05, 0.1) is 35.2 Å². The van der Waals surface area contributed by atoms with Crippen molar-refractivity contribution in [1.29, 1.82) is 0 Å². The number of halogens is 1. The Morgan fingerprint density at radius 1 is 1.67 bits per heavy atom. The van der Waals surface area contributed by atoms with Gasteiger partial charge in [-0.2, -0.15) is 0 Å². The molecule has 0 fully saturated rings. The maximum absolute atomic E-state index is 11.6. The molecule has 0 aliphatic carbocycles. The predicted molar refractivity (Wildman–Crippen MR) is 56.2 cm³/mol. The van der Waals surface area contributed by atoms with Gasteiger partial charge in [0.25, 0.3) is 0 Å². The molecule has 2 heterocycles. The molecular formula is C10H9ClN2O2. The Morgan fingerprint density at radius 2 is 2.47 bits per heavy atom. The van der Waals surface area contributed by atoms with Crippen LogP contribution in [0.25, 0.3) is 5.52 Å². The monoisotopic (exact) mass is 224 g/mol. The lowest BCUT2D eigenvalue weighted by atomic mass is 10.2. The van der Waals surface area contributed by atoms with Gasteiger partial charge in [-0.25, -0.2) is 9.78 Å². The maximum atomic E-state index is 11.6. The lowest BCUT2D eigenvalue weighted by Crippen LogP contribution is -2.06. The highest BCUT2D eigenvalue weighted by atomic mass is 35.5. The van der Waals surface area contributed by atoms with Crippen LogP contribution in [0, 0.1) is 0 Å². The number of fused-ring (bicyclic) bond motifs is 1. The van der Waals surface area contributed by atoms with E-state index in [1.54, 1.807) is 36.1 Å². The van der Waals surface area contributed by atoms with E-state index in [0.717, 1.165) is 0 Å². The minimum atomic E-state index is -0.384. The normalized spacial score (nSPS) is 10.5. The molecule has 0 aliphatic heterocycles. The zero-order valence-corrected chi connectivity index (χ0v) is 8.86. The Kier molecular flexibility index (Phi) is 2.60. The van der Waals surface area contributed by atoms with Gasteiger partial charge in [0.1, 0.15) is 0 Å². The summed E-state index contributed by atoms with van der Waals surface area (Å²) in [5, 5.41) is 0.476. The molecule has 0 aliphatic rings. The zero-order valence-electron chi connectivity index (χ0n) is 8.11. The van der Waals surface area contributed by atoms with Crippen molar-refractivity contribution in [1.82, 2.24) is 9.38 Å². The van der Waals surface area contributed by atoms with E-state index in [4.69, 9.17) is 16.3 Å². The SMILES string of the molecule is CCOC(=O)c1cc(Cl)cn2cncc12. The highest BCUT2D eigenvalue weighted by Crippen LogP contribution is 2.17. The van der Waals surface area contributed by atoms with Crippen LogP contribution in [0.4, 0.5) is 0 Å². The number of carbonyl (C=O) groups excluding carboxylic acids is 1. The fourth-order valence-electron chi connectivity index (χ4n) is 1.37. The Hall–Kier alpha value is -1.55. The van der Waals surface area contributed by atoms with Crippen molar-refractivity contribution >= 4 is 23.1 Å². The highest BCUT2D eigenvalue weighted by molar-refractivity contribution is 6.31. The maximum Gasteiger partial charge on any atom is 0.340 e. The molecule has 5 heteroatoms. The summed E-state index contributed by atoms with van der Waals surface area (Å²) in [6.07, 6.45) is 4.87. The van der Waals surface area contributed by atoms with E-state index in [1.165, 1.54) is 0 Å². The molecule has 0 unspecified atom stereocenters. The number of pyridine rings is 1. The van der Waals surface area contributed by atoms with Crippen LogP contribution in [0.3, 0.4) is 0 Å².